The quantitative estimate of drug-likeness (QED) is 0.617. The Morgan fingerprint density at radius 1 is 1.17 bits per heavy atom. The molecule has 0 amide bonds. The number of rotatable bonds is 4. The molecule has 0 saturated carbocycles. The number of benzene rings is 1. The number of nitrogens with one attached hydrogen (secondary N) is 1. The summed E-state index contributed by atoms with van der Waals surface area (Å²) in [7, 11) is 3.29. The Morgan fingerprint density at radius 2 is 1.96 bits per heavy atom. The molecule has 1 radical (unpaired) electrons. The molecule has 0 spiro atoms. The highest BCUT2D eigenvalue weighted by Gasteiger charge is 2.16. The zero-order valence-electron chi connectivity index (χ0n) is 13.7. The summed E-state index contributed by atoms with van der Waals surface area (Å²) in [6, 6.07) is 10.1. The minimum absolute atomic E-state index is 0.629. The van der Waals surface area contributed by atoms with Gasteiger partial charge in [0, 0.05) is 47.0 Å². The van der Waals surface area contributed by atoms with Gasteiger partial charge in [0.05, 0.1) is 19.7 Å². The second-order valence-electron chi connectivity index (χ2n) is 5.58. The van der Waals surface area contributed by atoms with E-state index in [9.17, 15) is 0 Å². The van der Waals surface area contributed by atoms with Crippen molar-refractivity contribution in [2.75, 3.05) is 14.2 Å². The van der Waals surface area contributed by atoms with Crippen molar-refractivity contribution < 1.29 is 9.47 Å². The molecule has 5 heteroatoms. The van der Waals surface area contributed by atoms with Gasteiger partial charge in [-0.05, 0) is 31.2 Å². The second kappa shape index (κ2) is 5.60. The van der Waals surface area contributed by atoms with E-state index >= 15 is 0 Å². The van der Waals surface area contributed by atoms with Crippen molar-refractivity contribution in [3.8, 4) is 22.8 Å². The van der Waals surface area contributed by atoms with Crippen molar-refractivity contribution in [2.24, 2.45) is 0 Å². The fraction of sp³-hybridized carbons (Fsp3) is 0.158. The zero-order valence-corrected chi connectivity index (χ0v) is 13.7. The van der Waals surface area contributed by atoms with Crippen LogP contribution in [-0.4, -0.2) is 28.8 Å². The number of ether oxygens (including phenoxy) is 2. The van der Waals surface area contributed by atoms with Crippen molar-refractivity contribution in [3.63, 3.8) is 0 Å². The van der Waals surface area contributed by atoms with Gasteiger partial charge in [0.25, 0.3) is 0 Å². The van der Waals surface area contributed by atoms with E-state index in [0.717, 1.165) is 33.2 Å². The number of aromatic nitrogens is 3. The van der Waals surface area contributed by atoms with Crippen molar-refractivity contribution in [1.29, 1.82) is 0 Å². The lowest BCUT2D eigenvalue weighted by Gasteiger charge is -2.09. The second-order valence-corrected chi connectivity index (χ2v) is 5.58. The highest BCUT2D eigenvalue weighted by molar-refractivity contribution is 5.99. The Kier molecular flexibility index (Phi) is 3.41. The smallest absolute Gasteiger partial charge is 0.162 e. The third kappa shape index (κ3) is 2.12. The first-order valence-corrected chi connectivity index (χ1v) is 7.73. The molecule has 121 valence electrons. The van der Waals surface area contributed by atoms with Gasteiger partial charge in [-0.2, -0.15) is 0 Å². The van der Waals surface area contributed by atoms with Crippen molar-refractivity contribution in [2.45, 2.75) is 6.54 Å². The number of H-pyrrole nitrogens is 1. The number of fused-ring (bicyclic) bond motifs is 2. The number of pyridine rings is 1. The summed E-state index contributed by atoms with van der Waals surface area (Å²) < 4.78 is 13.0. The van der Waals surface area contributed by atoms with Gasteiger partial charge < -0.3 is 19.0 Å². The van der Waals surface area contributed by atoms with Gasteiger partial charge in [-0.3, -0.25) is 0 Å². The molecule has 24 heavy (non-hydrogen) atoms. The summed E-state index contributed by atoms with van der Waals surface area (Å²) in [6.07, 6.45) is 3.89. The topological polar surface area (TPSA) is 52.1 Å². The highest BCUT2D eigenvalue weighted by Crippen LogP contribution is 2.38. The molecule has 4 aromatic rings. The van der Waals surface area contributed by atoms with Crippen LogP contribution in [0.25, 0.3) is 33.2 Å². The Labute approximate surface area is 139 Å². The van der Waals surface area contributed by atoms with E-state index in [-0.39, 0.29) is 0 Å². The van der Waals surface area contributed by atoms with E-state index in [4.69, 9.17) is 9.47 Å². The van der Waals surface area contributed by atoms with Crippen LogP contribution in [0.15, 0.2) is 42.7 Å². The van der Waals surface area contributed by atoms with Crippen LogP contribution in [0.5, 0.6) is 11.5 Å². The zero-order chi connectivity index (χ0) is 16.7. The molecule has 0 saturated heterocycles. The van der Waals surface area contributed by atoms with Gasteiger partial charge in [-0.1, -0.05) is 0 Å². The highest BCUT2D eigenvalue weighted by atomic mass is 16.5. The monoisotopic (exact) mass is 320 g/mol. The van der Waals surface area contributed by atoms with Crippen LogP contribution >= 0.6 is 0 Å². The van der Waals surface area contributed by atoms with Gasteiger partial charge in [0.1, 0.15) is 5.65 Å². The molecular formula is C19H18N3O2. The Bertz CT molecular complexity index is 997. The van der Waals surface area contributed by atoms with E-state index in [1.165, 1.54) is 0 Å². The number of methoxy groups -OCH3 is 2. The van der Waals surface area contributed by atoms with E-state index in [1.807, 2.05) is 24.3 Å². The number of nitrogens with zero attached hydrogens (tertiary/aromatic N) is 2. The molecule has 3 aromatic heterocycles. The van der Waals surface area contributed by atoms with Crippen LogP contribution in [-0.2, 0) is 6.54 Å². The Hall–Kier alpha value is -2.95. The fourth-order valence-electron chi connectivity index (χ4n) is 3.12. The molecule has 4 rings (SSSR count). The summed E-state index contributed by atoms with van der Waals surface area (Å²) >= 11 is 0. The molecular weight excluding hydrogens is 302 g/mol. The van der Waals surface area contributed by atoms with Crippen molar-refractivity contribution in [1.82, 2.24) is 14.5 Å². The minimum Gasteiger partial charge on any atom is -0.493 e. The number of hydrogen-bond donors (Lipinski definition) is 1. The maximum Gasteiger partial charge on any atom is 0.162 e. The summed E-state index contributed by atoms with van der Waals surface area (Å²) in [5.74, 6) is 1.42. The molecule has 0 unspecified atom stereocenters. The third-order valence-corrected chi connectivity index (χ3v) is 4.31. The lowest BCUT2D eigenvalue weighted by molar-refractivity contribution is 0.355. The lowest BCUT2D eigenvalue weighted by Crippen LogP contribution is -1.94. The van der Waals surface area contributed by atoms with Crippen LogP contribution in [0.4, 0.5) is 0 Å². The summed E-state index contributed by atoms with van der Waals surface area (Å²) in [5, 5.41) is 2.17. The molecule has 0 aliphatic heterocycles. The maximum atomic E-state index is 5.46. The van der Waals surface area contributed by atoms with Crippen molar-refractivity contribution >= 4 is 21.9 Å². The fourth-order valence-corrected chi connectivity index (χ4v) is 3.12. The van der Waals surface area contributed by atoms with Crippen molar-refractivity contribution in [3.05, 3.63) is 49.6 Å². The van der Waals surface area contributed by atoms with E-state index in [0.29, 0.717) is 18.0 Å². The van der Waals surface area contributed by atoms with Gasteiger partial charge >= 0.3 is 0 Å². The number of aromatic amines is 1. The van der Waals surface area contributed by atoms with E-state index < -0.39 is 0 Å². The molecule has 0 fully saturated rings. The molecule has 1 N–H and O–H groups in total. The van der Waals surface area contributed by atoms with Crippen LogP contribution in [0.1, 0.15) is 0 Å². The number of hydrogen-bond acceptors (Lipinski definition) is 3. The van der Waals surface area contributed by atoms with Gasteiger partial charge in [0.2, 0.25) is 0 Å². The first kappa shape index (κ1) is 14.6. The third-order valence-electron chi connectivity index (χ3n) is 4.31. The molecule has 0 aliphatic carbocycles. The van der Waals surface area contributed by atoms with E-state index in [1.54, 1.807) is 20.4 Å². The van der Waals surface area contributed by atoms with Crippen LogP contribution in [0, 0.1) is 6.92 Å². The van der Waals surface area contributed by atoms with Crippen LogP contribution in [0.2, 0.25) is 0 Å². The molecule has 5 nitrogen and oxygen atoms in total. The molecule has 0 aliphatic rings. The standard InChI is InChI=1S/C19H18N3O2/c1-4-22-11-14(15-8-12-6-5-7-20-19(12)21-15)13-9-17(23-2)18(24-3)10-16(13)22/h5-11H,1,4H2,2-3H3,(H,20,21). The first-order valence-electron chi connectivity index (χ1n) is 7.73. The lowest BCUT2D eigenvalue weighted by atomic mass is 10.1. The van der Waals surface area contributed by atoms with E-state index in [2.05, 4.69) is 33.7 Å². The average molecular weight is 320 g/mol. The molecule has 0 atom stereocenters. The van der Waals surface area contributed by atoms with Gasteiger partial charge in [-0.25, -0.2) is 4.98 Å². The summed E-state index contributed by atoms with van der Waals surface area (Å²) in [6.45, 7) is 4.65. The predicted octanol–water partition coefficient (Wildman–Crippen LogP) is 4.04. The SMILES string of the molecule is [CH2]Cn1cc(-c2cc3cccnc3[nH]2)c2cc(OC)c(OC)cc21. The largest absolute Gasteiger partial charge is 0.493 e. The normalized spacial score (nSPS) is 11.3. The van der Waals surface area contributed by atoms with Crippen LogP contribution < -0.4 is 9.47 Å². The maximum absolute atomic E-state index is 5.46. The first-order chi connectivity index (χ1) is 11.7. The molecule has 1 aromatic carbocycles. The Morgan fingerprint density at radius 3 is 2.67 bits per heavy atom. The molecule has 0 bridgehead atoms. The molecule has 3 heterocycles. The minimum atomic E-state index is 0.629. The Balaban J connectivity index is 2.00. The van der Waals surface area contributed by atoms with Gasteiger partial charge in [0.15, 0.2) is 11.5 Å². The summed E-state index contributed by atoms with van der Waals surface area (Å²) in [4.78, 5) is 7.77. The van der Waals surface area contributed by atoms with Crippen LogP contribution in [0.3, 0.4) is 0 Å². The predicted molar refractivity (Wildman–Crippen MR) is 95.5 cm³/mol. The summed E-state index contributed by atoms with van der Waals surface area (Å²) in [5.41, 5.74) is 4.05. The van der Waals surface area contributed by atoms with Gasteiger partial charge in [-0.15, -0.1) is 0 Å². The average Bonchev–Trinajstić information content (AvgIpc) is 3.20.